The number of carbonyl (C=O) groups is 1. The van der Waals surface area contributed by atoms with Gasteiger partial charge in [0.25, 0.3) is 0 Å². The molecule has 136 valence electrons. The van der Waals surface area contributed by atoms with Crippen molar-refractivity contribution in [1.82, 2.24) is 19.3 Å². The lowest BCUT2D eigenvalue weighted by Gasteiger charge is -2.44. The van der Waals surface area contributed by atoms with Gasteiger partial charge >= 0.3 is 0 Å². The number of aromatic nitrogens is 3. The first-order chi connectivity index (χ1) is 11.8. The van der Waals surface area contributed by atoms with E-state index >= 15 is 0 Å². The Balaban J connectivity index is 1.74. The molecule has 3 rings (SSSR count). The fourth-order valence-electron chi connectivity index (χ4n) is 2.65. The number of morpholine rings is 1. The first-order valence-electron chi connectivity index (χ1n) is 7.72. The van der Waals surface area contributed by atoms with Crippen LogP contribution in [0.1, 0.15) is 0 Å². The highest BCUT2D eigenvalue weighted by molar-refractivity contribution is 8.27. The monoisotopic (exact) mass is 385 g/mol. The number of hydrogen-bond acceptors (Lipinski definition) is 7. The molecule has 10 heteroatoms. The van der Waals surface area contributed by atoms with Gasteiger partial charge in [0.2, 0.25) is 0 Å². The zero-order valence-corrected chi connectivity index (χ0v) is 15.6. The molecule has 2 aromatic rings. The Bertz CT molecular complexity index is 871. The van der Waals surface area contributed by atoms with Gasteiger partial charge in [-0.25, -0.2) is 14.3 Å². The molecule has 8 nitrogen and oxygen atoms in total. The Kier molecular flexibility index (Phi) is 4.76. The molecule has 0 spiro atoms. The Morgan fingerprint density at radius 2 is 2.20 bits per heavy atom. The first kappa shape index (κ1) is 18.1. The van der Waals surface area contributed by atoms with Gasteiger partial charge in [-0.15, -0.1) is 0 Å². The van der Waals surface area contributed by atoms with E-state index < -0.39 is 9.25 Å². The van der Waals surface area contributed by atoms with Crippen LogP contribution in [0.25, 0.3) is 11.0 Å². The minimum absolute atomic E-state index is 0.245. The van der Waals surface area contributed by atoms with Gasteiger partial charge in [0.05, 0.1) is 18.2 Å². The summed E-state index contributed by atoms with van der Waals surface area (Å²) in [6.07, 6.45) is 5.90. The molecule has 1 aliphatic heterocycles. The zero-order valence-electron chi connectivity index (χ0n) is 14.0. The quantitative estimate of drug-likeness (QED) is 0.605. The highest BCUT2D eigenvalue weighted by Crippen LogP contribution is 2.25. The molecule has 0 aliphatic carbocycles. The minimum Gasteiger partial charge on any atom is -0.374 e. The van der Waals surface area contributed by atoms with Crippen LogP contribution in [0.2, 0.25) is 5.15 Å². The smallest absolute Gasteiger partial charge is 0.196 e. The van der Waals surface area contributed by atoms with Crippen LogP contribution in [0.5, 0.6) is 0 Å². The molecular formula is C15H20ClN5O3S. The summed E-state index contributed by atoms with van der Waals surface area (Å²) >= 11 is 6.03. The standard InChI is InChI=1S/C15H20ClN5O3S/c1-25(2,23,10-22)21-5-6-24-11(9-21)8-19-15-14-12(7-13(16)20-15)17-3-4-18-14/h3-4,7,10-11H,5-6,8-9H2,1-2H3,(H,19,20). The summed E-state index contributed by atoms with van der Waals surface area (Å²) in [5.74, 6) is 0.511. The molecule has 0 saturated carbocycles. The highest BCUT2D eigenvalue weighted by Gasteiger charge is 2.36. The zero-order chi connectivity index (χ0) is 18.1. The van der Waals surface area contributed by atoms with Crippen LogP contribution in [0.4, 0.5) is 5.82 Å². The molecule has 1 unspecified atom stereocenters. The van der Waals surface area contributed by atoms with E-state index in [1.165, 1.54) is 12.5 Å². The van der Waals surface area contributed by atoms with Crippen LogP contribution in [0, 0.1) is 0 Å². The summed E-state index contributed by atoms with van der Waals surface area (Å²) < 4.78 is 20.2. The highest BCUT2D eigenvalue weighted by atomic mass is 35.5. The maximum atomic E-state index is 12.8. The lowest BCUT2D eigenvalue weighted by molar-refractivity contribution is 0.00716. The largest absolute Gasteiger partial charge is 0.374 e. The number of halogens is 1. The van der Waals surface area contributed by atoms with Gasteiger partial charge in [0.1, 0.15) is 10.7 Å². The third-order valence-electron chi connectivity index (χ3n) is 4.07. The lowest BCUT2D eigenvalue weighted by Crippen LogP contribution is -2.57. The van der Waals surface area contributed by atoms with Gasteiger partial charge in [-0.2, -0.15) is 0 Å². The fourth-order valence-corrected chi connectivity index (χ4v) is 4.19. The number of nitrogens with one attached hydrogen (secondary N) is 1. The number of pyridine rings is 1. The second-order valence-corrected chi connectivity index (χ2v) is 11.2. The van der Waals surface area contributed by atoms with E-state index in [1.54, 1.807) is 22.8 Å². The van der Waals surface area contributed by atoms with Crippen molar-refractivity contribution in [2.75, 3.05) is 44.1 Å². The second-order valence-electron chi connectivity index (χ2n) is 6.43. The van der Waals surface area contributed by atoms with Crippen molar-refractivity contribution >= 4 is 43.3 Å². The molecule has 0 aromatic carbocycles. The third kappa shape index (κ3) is 3.95. The van der Waals surface area contributed by atoms with Gasteiger partial charge in [-0.1, -0.05) is 11.6 Å². The molecule has 1 atom stereocenters. The van der Waals surface area contributed by atoms with Crippen molar-refractivity contribution in [1.29, 1.82) is 0 Å². The number of fused-ring (bicyclic) bond motifs is 1. The van der Waals surface area contributed by atoms with Crippen molar-refractivity contribution in [3.8, 4) is 0 Å². The molecule has 1 fully saturated rings. The van der Waals surface area contributed by atoms with Crippen LogP contribution in [0.15, 0.2) is 18.5 Å². The Labute approximate surface area is 150 Å². The molecule has 1 saturated heterocycles. The number of carbonyl (C=O) groups excluding carboxylic acids is 1. The Hall–Kier alpha value is -1.68. The van der Waals surface area contributed by atoms with E-state index in [2.05, 4.69) is 20.3 Å². The van der Waals surface area contributed by atoms with Gasteiger partial charge in [0, 0.05) is 50.6 Å². The molecule has 3 heterocycles. The summed E-state index contributed by atoms with van der Waals surface area (Å²) in [5, 5.41) is 3.49. The van der Waals surface area contributed by atoms with E-state index in [0.717, 1.165) is 0 Å². The van der Waals surface area contributed by atoms with Crippen molar-refractivity contribution in [3.05, 3.63) is 23.6 Å². The second kappa shape index (κ2) is 6.56. The van der Waals surface area contributed by atoms with Crippen molar-refractivity contribution in [2.24, 2.45) is 0 Å². The average molecular weight is 386 g/mol. The molecule has 0 radical (unpaired) electrons. The molecule has 1 aliphatic rings. The average Bonchev–Trinajstić information content (AvgIpc) is 2.59. The van der Waals surface area contributed by atoms with Crippen LogP contribution < -0.4 is 5.32 Å². The summed E-state index contributed by atoms with van der Waals surface area (Å²) in [7, 11) is -3.45. The van der Waals surface area contributed by atoms with Crippen molar-refractivity contribution < 1.29 is 13.7 Å². The van der Waals surface area contributed by atoms with Crippen LogP contribution in [0.3, 0.4) is 0 Å². The van der Waals surface area contributed by atoms with Gasteiger partial charge in [-0.05, 0) is 9.25 Å². The summed E-state index contributed by atoms with van der Waals surface area (Å²) in [4.78, 5) is 24.1. The summed E-state index contributed by atoms with van der Waals surface area (Å²) in [5.41, 5.74) is 1.80. The van der Waals surface area contributed by atoms with Gasteiger partial charge < -0.3 is 10.1 Å². The fraction of sp³-hybridized carbons (Fsp3) is 0.467. The molecule has 2 aromatic heterocycles. The van der Waals surface area contributed by atoms with Crippen LogP contribution in [-0.2, 0) is 18.8 Å². The maximum Gasteiger partial charge on any atom is 0.196 e. The predicted molar refractivity (Wildman–Crippen MR) is 98.9 cm³/mol. The minimum atomic E-state index is -3.45. The maximum absolute atomic E-state index is 12.8. The van der Waals surface area contributed by atoms with E-state index in [9.17, 15) is 9.00 Å². The molecule has 25 heavy (non-hydrogen) atoms. The van der Waals surface area contributed by atoms with Crippen LogP contribution in [-0.4, -0.2) is 73.9 Å². The number of nitrogens with zero attached hydrogens (tertiary/aromatic N) is 4. The molecule has 0 bridgehead atoms. The topological polar surface area (TPSA) is 97.3 Å². The number of ether oxygens (including phenoxy) is 1. The van der Waals surface area contributed by atoms with Crippen LogP contribution >= 0.6 is 11.6 Å². The Morgan fingerprint density at radius 3 is 2.96 bits per heavy atom. The van der Waals surface area contributed by atoms with Gasteiger partial charge in [-0.3, -0.25) is 14.0 Å². The number of anilines is 1. The number of hydrogen-bond donors (Lipinski definition) is 1. The van der Waals surface area contributed by atoms with E-state index in [1.807, 2.05) is 0 Å². The number of rotatable bonds is 5. The van der Waals surface area contributed by atoms with Crippen molar-refractivity contribution in [3.63, 3.8) is 0 Å². The SMILES string of the molecule is CS(C)(=O)(C=O)N1CCOC(CNc2nc(Cl)cc3nccnc23)C1. The third-order valence-corrected chi connectivity index (χ3v) is 6.69. The first-order valence-corrected chi connectivity index (χ1v) is 10.9. The summed E-state index contributed by atoms with van der Waals surface area (Å²) in [6.45, 7) is 1.66. The summed E-state index contributed by atoms with van der Waals surface area (Å²) in [6, 6.07) is 1.64. The van der Waals surface area contributed by atoms with Crippen molar-refractivity contribution in [2.45, 2.75) is 6.10 Å². The van der Waals surface area contributed by atoms with Gasteiger partial charge in [0.15, 0.2) is 11.4 Å². The Morgan fingerprint density at radius 1 is 1.44 bits per heavy atom. The predicted octanol–water partition coefficient (Wildman–Crippen LogP) is 0.976. The molecule has 0 amide bonds. The molecular weight excluding hydrogens is 366 g/mol. The van der Waals surface area contributed by atoms with E-state index in [4.69, 9.17) is 16.3 Å². The van der Waals surface area contributed by atoms with E-state index in [-0.39, 0.29) is 6.10 Å². The van der Waals surface area contributed by atoms with E-state index in [0.29, 0.717) is 53.9 Å². The molecule has 1 N–H and O–H groups in total. The normalized spacial score (nSPS) is 20.8. The lowest BCUT2D eigenvalue weighted by atomic mass is 10.3.